The topological polar surface area (TPSA) is 47.0 Å². The summed E-state index contributed by atoms with van der Waals surface area (Å²) in [7, 11) is 1.74. The third-order valence-electron chi connectivity index (χ3n) is 4.63. The summed E-state index contributed by atoms with van der Waals surface area (Å²) in [6, 6.07) is 0. The van der Waals surface area contributed by atoms with Crippen molar-refractivity contribution >= 4 is 0 Å². The summed E-state index contributed by atoms with van der Waals surface area (Å²) in [5, 5.41) is 3.47. The zero-order valence-corrected chi connectivity index (χ0v) is 12.6. The van der Waals surface area contributed by atoms with Gasteiger partial charge in [-0.2, -0.15) is 0 Å². The predicted octanol–water partition coefficient (Wildman–Crippen LogP) is 1.94. The molecule has 0 bridgehead atoms. The summed E-state index contributed by atoms with van der Waals surface area (Å²) in [5.74, 6) is 3.23. The number of rotatable bonds is 6. The van der Waals surface area contributed by atoms with Gasteiger partial charge in [0, 0.05) is 31.5 Å². The third kappa shape index (κ3) is 3.18. The monoisotopic (exact) mass is 275 g/mol. The molecule has 1 aromatic rings. The molecular formula is C16H25N3O. The minimum absolute atomic E-state index is 0.633. The molecule has 3 rings (SSSR count). The molecule has 0 spiro atoms. The van der Waals surface area contributed by atoms with Crippen molar-refractivity contribution in [2.24, 2.45) is 11.8 Å². The molecule has 4 heteroatoms. The van der Waals surface area contributed by atoms with Gasteiger partial charge >= 0.3 is 0 Å². The second-order valence-corrected chi connectivity index (χ2v) is 6.33. The van der Waals surface area contributed by atoms with Crippen molar-refractivity contribution in [3.8, 4) is 0 Å². The van der Waals surface area contributed by atoms with Crippen molar-refractivity contribution in [3.05, 3.63) is 23.3 Å². The smallest absolute Gasteiger partial charge is 0.131 e. The summed E-state index contributed by atoms with van der Waals surface area (Å²) in [4.78, 5) is 9.42. The summed E-state index contributed by atoms with van der Waals surface area (Å²) in [5.41, 5.74) is 2.68. The van der Waals surface area contributed by atoms with E-state index in [-0.39, 0.29) is 0 Å². The highest BCUT2D eigenvalue weighted by Gasteiger charge is 2.37. The standard InChI is InChI=1S/C16H25N3O/c1-11-7-14(11)16-18-10-13-8-12(3-4-15(13)19-16)9-17-5-6-20-2/h10-12,14,17H,3-9H2,1-2H3. The Labute approximate surface area is 121 Å². The van der Waals surface area contributed by atoms with E-state index in [1.165, 1.54) is 24.1 Å². The molecule has 2 aliphatic rings. The van der Waals surface area contributed by atoms with Gasteiger partial charge in [-0.05, 0) is 49.6 Å². The number of aryl methyl sites for hydroxylation is 1. The van der Waals surface area contributed by atoms with Crippen LogP contribution >= 0.6 is 0 Å². The Balaban J connectivity index is 1.55. The van der Waals surface area contributed by atoms with Gasteiger partial charge in [0.15, 0.2) is 0 Å². The first kappa shape index (κ1) is 14.0. The van der Waals surface area contributed by atoms with Crippen molar-refractivity contribution < 1.29 is 4.74 Å². The fourth-order valence-electron chi connectivity index (χ4n) is 3.11. The zero-order valence-electron chi connectivity index (χ0n) is 12.6. The number of nitrogens with one attached hydrogen (secondary N) is 1. The van der Waals surface area contributed by atoms with Crippen molar-refractivity contribution in [3.63, 3.8) is 0 Å². The van der Waals surface area contributed by atoms with Crippen LogP contribution in [0.5, 0.6) is 0 Å². The molecule has 4 nitrogen and oxygen atoms in total. The minimum Gasteiger partial charge on any atom is -0.383 e. The van der Waals surface area contributed by atoms with Crippen LogP contribution in [0.2, 0.25) is 0 Å². The molecule has 0 amide bonds. The van der Waals surface area contributed by atoms with Crippen LogP contribution in [0.15, 0.2) is 6.20 Å². The maximum Gasteiger partial charge on any atom is 0.131 e. The van der Waals surface area contributed by atoms with Crippen LogP contribution in [-0.4, -0.2) is 36.8 Å². The van der Waals surface area contributed by atoms with Crippen LogP contribution in [0.3, 0.4) is 0 Å². The lowest BCUT2D eigenvalue weighted by Gasteiger charge is -2.24. The fourth-order valence-corrected chi connectivity index (χ4v) is 3.11. The number of fused-ring (bicyclic) bond motifs is 1. The van der Waals surface area contributed by atoms with Crippen LogP contribution in [0.25, 0.3) is 0 Å². The summed E-state index contributed by atoms with van der Waals surface area (Å²) < 4.78 is 5.06. The predicted molar refractivity (Wildman–Crippen MR) is 78.8 cm³/mol. The number of hydrogen-bond acceptors (Lipinski definition) is 4. The highest BCUT2D eigenvalue weighted by molar-refractivity contribution is 5.23. The molecule has 1 aromatic heterocycles. The van der Waals surface area contributed by atoms with Crippen molar-refractivity contribution in [1.29, 1.82) is 0 Å². The van der Waals surface area contributed by atoms with Crippen LogP contribution in [0, 0.1) is 11.8 Å². The first-order valence-corrected chi connectivity index (χ1v) is 7.82. The SMILES string of the molecule is COCCNCC1CCc2nc(C3CC3C)ncc2C1. The molecule has 3 unspecified atom stereocenters. The molecule has 0 aliphatic heterocycles. The highest BCUT2D eigenvalue weighted by Crippen LogP contribution is 2.45. The lowest BCUT2D eigenvalue weighted by atomic mass is 9.87. The van der Waals surface area contributed by atoms with Gasteiger partial charge in [-0.3, -0.25) is 0 Å². The average molecular weight is 275 g/mol. The van der Waals surface area contributed by atoms with E-state index in [1.807, 2.05) is 0 Å². The van der Waals surface area contributed by atoms with Gasteiger partial charge in [0.05, 0.1) is 6.61 Å². The van der Waals surface area contributed by atoms with Crippen LogP contribution in [-0.2, 0) is 17.6 Å². The number of ether oxygens (including phenoxy) is 1. The number of hydrogen-bond donors (Lipinski definition) is 1. The quantitative estimate of drug-likeness (QED) is 0.806. The van der Waals surface area contributed by atoms with Crippen molar-refractivity contribution in [2.45, 2.75) is 38.5 Å². The van der Waals surface area contributed by atoms with Gasteiger partial charge in [0.1, 0.15) is 5.82 Å². The van der Waals surface area contributed by atoms with E-state index >= 15 is 0 Å². The van der Waals surface area contributed by atoms with E-state index in [0.29, 0.717) is 11.8 Å². The van der Waals surface area contributed by atoms with Crippen molar-refractivity contribution in [1.82, 2.24) is 15.3 Å². The normalized spacial score (nSPS) is 28.2. The second kappa shape index (κ2) is 6.19. The Bertz CT molecular complexity index is 463. The van der Waals surface area contributed by atoms with E-state index in [2.05, 4.69) is 23.4 Å². The Hall–Kier alpha value is -1.00. The lowest BCUT2D eigenvalue weighted by Crippen LogP contribution is -2.30. The largest absolute Gasteiger partial charge is 0.383 e. The Morgan fingerprint density at radius 3 is 3.05 bits per heavy atom. The minimum atomic E-state index is 0.633. The Morgan fingerprint density at radius 2 is 2.30 bits per heavy atom. The van der Waals surface area contributed by atoms with E-state index in [0.717, 1.165) is 44.3 Å². The lowest BCUT2D eigenvalue weighted by molar-refractivity contribution is 0.197. The van der Waals surface area contributed by atoms with Gasteiger partial charge in [-0.15, -0.1) is 0 Å². The maximum atomic E-state index is 5.06. The molecule has 0 radical (unpaired) electrons. The van der Waals surface area contributed by atoms with Gasteiger partial charge in [0.2, 0.25) is 0 Å². The molecule has 0 aromatic carbocycles. The maximum absolute atomic E-state index is 5.06. The summed E-state index contributed by atoms with van der Waals surface area (Å²) in [6.45, 7) is 5.09. The molecule has 20 heavy (non-hydrogen) atoms. The second-order valence-electron chi connectivity index (χ2n) is 6.33. The molecule has 3 atom stereocenters. The van der Waals surface area contributed by atoms with Crippen LogP contribution < -0.4 is 5.32 Å². The fraction of sp³-hybridized carbons (Fsp3) is 0.750. The average Bonchev–Trinajstić information content (AvgIpc) is 3.20. The van der Waals surface area contributed by atoms with Gasteiger partial charge in [-0.25, -0.2) is 9.97 Å². The number of nitrogens with zero attached hydrogens (tertiary/aromatic N) is 2. The number of methoxy groups -OCH3 is 1. The van der Waals surface area contributed by atoms with E-state index in [4.69, 9.17) is 9.72 Å². The van der Waals surface area contributed by atoms with E-state index in [9.17, 15) is 0 Å². The van der Waals surface area contributed by atoms with Crippen molar-refractivity contribution in [2.75, 3.05) is 26.8 Å². The first-order valence-electron chi connectivity index (χ1n) is 7.82. The zero-order chi connectivity index (χ0) is 13.9. The van der Waals surface area contributed by atoms with Gasteiger partial charge in [0.25, 0.3) is 0 Å². The molecule has 0 saturated heterocycles. The molecular weight excluding hydrogens is 250 g/mol. The third-order valence-corrected chi connectivity index (χ3v) is 4.63. The molecule has 1 N–H and O–H groups in total. The molecule has 110 valence electrons. The molecule has 1 fully saturated rings. The first-order chi connectivity index (χ1) is 9.78. The van der Waals surface area contributed by atoms with Gasteiger partial charge in [-0.1, -0.05) is 6.92 Å². The summed E-state index contributed by atoms with van der Waals surface area (Å²) in [6.07, 6.45) is 6.83. The highest BCUT2D eigenvalue weighted by atomic mass is 16.5. The van der Waals surface area contributed by atoms with Crippen LogP contribution in [0.4, 0.5) is 0 Å². The molecule has 1 heterocycles. The molecule has 2 aliphatic carbocycles. The molecule has 1 saturated carbocycles. The Kier molecular flexibility index (Phi) is 4.32. The van der Waals surface area contributed by atoms with Gasteiger partial charge < -0.3 is 10.1 Å². The number of aromatic nitrogens is 2. The summed E-state index contributed by atoms with van der Waals surface area (Å²) >= 11 is 0. The van der Waals surface area contributed by atoms with E-state index in [1.54, 1.807) is 7.11 Å². The Morgan fingerprint density at radius 1 is 1.45 bits per heavy atom. The van der Waals surface area contributed by atoms with E-state index < -0.39 is 0 Å². The van der Waals surface area contributed by atoms with Crippen LogP contribution in [0.1, 0.15) is 42.8 Å².